The molecule has 8 nitrogen and oxygen atoms in total. The van der Waals surface area contributed by atoms with E-state index in [1.54, 1.807) is 6.07 Å². The molecule has 2 saturated carbocycles. The van der Waals surface area contributed by atoms with Crippen LogP contribution in [0.5, 0.6) is 0 Å². The van der Waals surface area contributed by atoms with Crippen LogP contribution in [0.2, 0.25) is 0 Å². The van der Waals surface area contributed by atoms with Gasteiger partial charge >= 0.3 is 5.88 Å². The topological polar surface area (TPSA) is 109 Å². The van der Waals surface area contributed by atoms with E-state index in [9.17, 15) is 20.0 Å². The standard InChI is InChI=1S/C23H27N3O5/c27-22(23(28,16-8-4-5-9-16)15-6-2-1-3-7-15)24-21-18-13-25(14-19(18)21)12-17-10-11-20(31-17)26(29)30/h1-3,6-7,10-11,16,18-19,21,28H,4-5,8-9,12-14H2,(H,24,27)/t18-,19+,21?,23?. The van der Waals surface area contributed by atoms with Crippen molar-refractivity contribution in [2.24, 2.45) is 17.8 Å². The van der Waals surface area contributed by atoms with Crippen molar-refractivity contribution in [1.82, 2.24) is 10.2 Å². The number of carbonyl (C=O) groups is 1. The number of amides is 1. The fraction of sp³-hybridized carbons (Fsp3) is 0.522. The van der Waals surface area contributed by atoms with Crippen molar-refractivity contribution in [2.75, 3.05) is 13.1 Å². The van der Waals surface area contributed by atoms with Gasteiger partial charge in [-0.15, -0.1) is 0 Å². The Morgan fingerprint density at radius 1 is 1.16 bits per heavy atom. The third-order valence-corrected chi connectivity index (χ3v) is 7.28. The van der Waals surface area contributed by atoms with Crippen LogP contribution in [0.3, 0.4) is 0 Å². The monoisotopic (exact) mass is 425 g/mol. The number of nitrogens with zero attached hydrogens (tertiary/aromatic N) is 2. The van der Waals surface area contributed by atoms with Crippen LogP contribution in [0.1, 0.15) is 37.0 Å². The van der Waals surface area contributed by atoms with E-state index in [0.29, 0.717) is 29.7 Å². The van der Waals surface area contributed by atoms with Crippen LogP contribution in [-0.4, -0.2) is 40.0 Å². The van der Waals surface area contributed by atoms with Crippen molar-refractivity contribution in [1.29, 1.82) is 0 Å². The summed E-state index contributed by atoms with van der Waals surface area (Å²) in [6.45, 7) is 2.13. The average Bonchev–Trinajstić information content (AvgIpc) is 3.32. The molecule has 0 bridgehead atoms. The number of carbonyl (C=O) groups excluding carboxylic acids is 1. The first-order chi connectivity index (χ1) is 15.0. The van der Waals surface area contributed by atoms with Crippen LogP contribution < -0.4 is 5.32 Å². The van der Waals surface area contributed by atoms with E-state index in [-0.39, 0.29) is 23.8 Å². The normalized spacial score (nSPS) is 27.6. The summed E-state index contributed by atoms with van der Waals surface area (Å²) in [6, 6.07) is 12.4. The van der Waals surface area contributed by atoms with E-state index >= 15 is 0 Å². The van der Waals surface area contributed by atoms with Gasteiger partial charge in [-0.2, -0.15) is 0 Å². The van der Waals surface area contributed by atoms with Gasteiger partial charge in [0.25, 0.3) is 5.91 Å². The first-order valence-corrected chi connectivity index (χ1v) is 11.0. The predicted molar refractivity (Wildman–Crippen MR) is 112 cm³/mol. The Morgan fingerprint density at radius 2 is 1.84 bits per heavy atom. The second-order valence-electron chi connectivity index (χ2n) is 9.13. The number of piperidine rings is 1. The maximum atomic E-state index is 13.3. The quantitative estimate of drug-likeness (QED) is 0.522. The minimum atomic E-state index is -1.48. The lowest BCUT2D eigenvalue weighted by molar-refractivity contribution is -0.402. The number of hydrogen-bond donors (Lipinski definition) is 2. The number of fused-ring (bicyclic) bond motifs is 1. The number of hydrogen-bond acceptors (Lipinski definition) is 6. The summed E-state index contributed by atoms with van der Waals surface area (Å²) in [6.07, 6.45) is 3.81. The largest absolute Gasteiger partial charge is 0.433 e. The van der Waals surface area contributed by atoms with Crippen LogP contribution in [0, 0.1) is 27.9 Å². The van der Waals surface area contributed by atoms with Crippen LogP contribution in [0.15, 0.2) is 46.9 Å². The minimum Gasteiger partial charge on any atom is -0.404 e. The molecule has 8 heteroatoms. The van der Waals surface area contributed by atoms with Gasteiger partial charge in [-0.05, 0) is 36.3 Å². The molecule has 164 valence electrons. The van der Waals surface area contributed by atoms with Crippen molar-refractivity contribution in [3.63, 3.8) is 0 Å². The molecule has 3 fully saturated rings. The first-order valence-electron chi connectivity index (χ1n) is 11.0. The molecule has 4 atom stereocenters. The van der Waals surface area contributed by atoms with Gasteiger partial charge in [0.05, 0.1) is 12.6 Å². The Hall–Kier alpha value is -2.71. The summed E-state index contributed by atoms with van der Waals surface area (Å²) in [7, 11) is 0. The molecule has 2 N–H and O–H groups in total. The molecule has 1 saturated heterocycles. The Kier molecular flexibility index (Phi) is 5.06. The molecular formula is C23H27N3O5. The third-order valence-electron chi connectivity index (χ3n) is 7.28. The van der Waals surface area contributed by atoms with E-state index in [4.69, 9.17) is 4.42 Å². The summed E-state index contributed by atoms with van der Waals surface area (Å²) < 4.78 is 5.26. The number of nitro groups is 1. The van der Waals surface area contributed by atoms with E-state index < -0.39 is 10.5 Å². The number of aliphatic hydroxyl groups is 1. The predicted octanol–water partition coefficient (Wildman–Crippen LogP) is 2.81. The van der Waals surface area contributed by atoms with Crippen LogP contribution in [-0.2, 0) is 16.9 Å². The first kappa shape index (κ1) is 20.2. The van der Waals surface area contributed by atoms with Gasteiger partial charge in [0, 0.05) is 25.0 Å². The number of benzene rings is 1. The number of nitrogens with one attached hydrogen (secondary N) is 1. The summed E-state index contributed by atoms with van der Waals surface area (Å²) in [4.78, 5) is 25.8. The minimum absolute atomic E-state index is 0.0558. The lowest BCUT2D eigenvalue weighted by atomic mass is 9.79. The van der Waals surface area contributed by atoms with E-state index in [1.807, 2.05) is 30.3 Å². The fourth-order valence-electron chi connectivity index (χ4n) is 5.58. The number of furan rings is 1. The highest BCUT2D eigenvalue weighted by Crippen LogP contribution is 2.47. The van der Waals surface area contributed by atoms with E-state index in [2.05, 4.69) is 10.2 Å². The highest BCUT2D eigenvalue weighted by Gasteiger charge is 2.58. The fourth-order valence-corrected chi connectivity index (χ4v) is 5.58. The molecule has 3 aliphatic rings. The molecule has 2 aliphatic carbocycles. The highest BCUT2D eigenvalue weighted by atomic mass is 16.6. The van der Waals surface area contributed by atoms with Gasteiger partial charge < -0.3 is 14.8 Å². The van der Waals surface area contributed by atoms with Gasteiger partial charge in [-0.3, -0.25) is 19.8 Å². The van der Waals surface area contributed by atoms with E-state index in [1.165, 1.54) is 6.07 Å². The van der Waals surface area contributed by atoms with Crippen LogP contribution >= 0.6 is 0 Å². The maximum Gasteiger partial charge on any atom is 0.433 e. The van der Waals surface area contributed by atoms with Gasteiger partial charge in [0.1, 0.15) is 10.7 Å². The van der Waals surface area contributed by atoms with Gasteiger partial charge in [-0.25, -0.2) is 0 Å². The van der Waals surface area contributed by atoms with E-state index in [0.717, 1.165) is 38.8 Å². The zero-order valence-electron chi connectivity index (χ0n) is 17.3. The molecule has 2 unspecified atom stereocenters. The molecule has 0 spiro atoms. The molecule has 31 heavy (non-hydrogen) atoms. The van der Waals surface area contributed by atoms with Gasteiger partial charge in [0.15, 0.2) is 5.60 Å². The smallest absolute Gasteiger partial charge is 0.404 e. The number of rotatable bonds is 7. The van der Waals surface area contributed by atoms with Crippen molar-refractivity contribution in [2.45, 2.75) is 43.9 Å². The molecule has 2 aromatic rings. The van der Waals surface area contributed by atoms with Crippen LogP contribution in [0.4, 0.5) is 5.88 Å². The van der Waals surface area contributed by atoms with Crippen molar-refractivity contribution in [3.8, 4) is 0 Å². The Bertz CT molecular complexity index is 959. The molecule has 5 rings (SSSR count). The Morgan fingerprint density at radius 3 is 2.45 bits per heavy atom. The van der Waals surface area contributed by atoms with Crippen molar-refractivity contribution < 1.29 is 19.2 Å². The SMILES string of the molecule is O=C(NC1[C@H]2CN(Cc3ccc([N+](=O)[O-])o3)C[C@@H]12)C(O)(c1ccccc1)C1CCCC1. The van der Waals surface area contributed by atoms with Gasteiger partial charge in [-0.1, -0.05) is 43.2 Å². The van der Waals surface area contributed by atoms with Crippen LogP contribution in [0.25, 0.3) is 0 Å². The summed E-state index contributed by atoms with van der Waals surface area (Å²) in [5.41, 5.74) is -0.812. The maximum absolute atomic E-state index is 13.3. The summed E-state index contributed by atoms with van der Waals surface area (Å²) in [5, 5.41) is 25.5. The molecule has 1 amide bonds. The van der Waals surface area contributed by atoms with Gasteiger partial charge in [0.2, 0.25) is 0 Å². The molecule has 1 aromatic heterocycles. The summed E-state index contributed by atoms with van der Waals surface area (Å²) >= 11 is 0. The molecule has 1 aromatic carbocycles. The molecule has 0 radical (unpaired) electrons. The summed E-state index contributed by atoms with van der Waals surface area (Å²) in [5.74, 6) is 0.692. The zero-order chi connectivity index (χ0) is 21.6. The Balaban J connectivity index is 1.21. The lowest BCUT2D eigenvalue weighted by Gasteiger charge is -2.33. The molecule has 1 aliphatic heterocycles. The van der Waals surface area contributed by atoms with Crippen molar-refractivity contribution >= 4 is 11.8 Å². The molecular weight excluding hydrogens is 398 g/mol. The highest BCUT2D eigenvalue weighted by molar-refractivity contribution is 5.87. The van der Waals surface area contributed by atoms with Crippen molar-refractivity contribution in [3.05, 3.63) is 63.9 Å². The zero-order valence-corrected chi connectivity index (χ0v) is 17.3. The average molecular weight is 425 g/mol. The molecule has 2 heterocycles. The lowest BCUT2D eigenvalue weighted by Crippen LogP contribution is -2.50. The third kappa shape index (κ3) is 3.64. The second kappa shape index (κ2) is 7.76. The second-order valence-corrected chi connectivity index (χ2v) is 9.13. The number of likely N-dealkylation sites (tertiary alicyclic amines) is 1. The Labute approximate surface area is 180 Å².